The van der Waals surface area contributed by atoms with E-state index in [1.165, 1.54) is 0 Å². The highest BCUT2D eigenvalue weighted by molar-refractivity contribution is 7.59. The van der Waals surface area contributed by atoms with Crippen molar-refractivity contribution in [2.75, 3.05) is 31.5 Å². The summed E-state index contributed by atoms with van der Waals surface area (Å²) in [5.41, 5.74) is 5.68. The van der Waals surface area contributed by atoms with Crippen LogP contribution in [0.25, 0.3) is 0 Å². The van der Waals surface area contributed by atoms with Gasteiger partial charge < -0.3 is 10.6 Å². The molecule has 1 heterocycles. The van der Waals surface area contributed by atoms with Gasteiger partial charge in [0.2, 0.25) is 0 Å². The van der Waals surface area contributed by atoms with Crippen LogP contribution in [0.4, 0.5) is 0 Å². The summed E-state index contributed by atoms with van der Waals surface area (Å²) < 4.78 is 6.91. The van der Waals surface area contributed by atoms with Crippen LogP contribution < -0.4 is 15.7 Å². The van der Waals surface area contributed by atoms with E-state index in [4.69, 9.17) is 33.5 Å². The average molecular weight is 276 g/mol. The Morgan fingerprint density at radius 1 is 1.47 bits per heavy atom. The smallest absolute Gasteiger partial charge is 0.251 e. The summed E-state index contributed by atoms with van der Waals surface area (Å²) in [4.78, 5) is 12.3. The van der Waals surface area contributed by atoms with E-state index in [0.717, 1.165) is 0 Å². The molecule has 0 aromatic rings. The van der Waals surface area contributed by atoms with Crippen LogP contribution in [0, 0.1) is 0 Å². The monoisotopic (exact) mass is 275 g/mol. The van der Waals surface area contributed by atoms with Gasteiger partial charge in [-0.05, 0) is 0 Å². The topological polar surface area (TPSA) is 73.6 Å². The van der Waals surface area contributed by atoms with Crippen LogP contribution in [-0.4, -0.2) is 42.3 Å². The van der Waals surface area contributed by atoms with Crippen molar-refractivity contribution in [1.82, 2.24) is 9.76 Å². The third kappa shape index (κ3) is 3.95. The molecule has 1 aliphatic heterocycles. The molecule has 15 heavy (non-hydrogen) atoms. The molecule has 0 amide bonds. The Hall–Kier alpha value is 0.810. The highest BCUT2D eigenvalue weighted by Crippen LogP contribution is 2.52. The number of rotatable bonds is 5. The number of nitrogens with one attached hydrogen (secondary N) is 1. The molecular weight excluding hydrogens is 260 g/mol. The first-order chi connectivity index (χ1) is 7.12. The summed E-state index contributed by atoms with van der Waals surface area (Å²) in [5, 5.41) is 2.78. The quantitative estimate of drug-likeness (QED) is 0.550. The van der Waals surface area contributed by atoms with Gasteiger partial charge in [-0.1, -0.05) is 0 Å². The Bertz CT molecular complexity index is 197. The molecule has 3 N–H and O–H groups in total. The van der Waals surface area contributed by atoms with Gasteiger partial charge in [-0.2, -0.15) is 0 Å². The van der Waals surface area contributed by atoms with Crippen LogP contribution in [0.5, 0.6) is 0 Å². The second-order valence-corrected chi connectivity index (χ2v) is 6.09. The van der Waals surface area contributed by atoms with Gasteiger partial charge in [0.25, 0.3) is 8.02 Å². The highest BCUT2D eigenvalue weighted by atomic mass is 35.5. The maximum absolute atomic E-state index is 12.3. The summed E-state index contributed by atoms with van der Waals surface area (Å²) in [6.45, 7) is 1.32. The lowest BCUT2D eigenvalue weighted by Gasteiger charge is -2.41. The number of halogens is 2. The van der Waals surface area contributed by atoms with Crippen LogP contribution in [-0.2, 0) is 4.52 Å². The van der Waals surface area contributed by atoms with Crippen molar-refractivity contribution in [3.63, 3.8) is 0 Å². The zero-order valence-corrected chi connectivity index (χ0v) is 10.8. The van der Waals surface area contributed by atoms with E-state index >= 15 is 0 Å². The normalized spacial score (nSPS) is 32.2. The largest absolute Gasteiger partial charge is 0.626 e. The van der Waals surface area contributed by atoms with E-state index in [1.54, 1.807) is 4.67 Å². The SMILES string of the molecule is N[C@H]1CCO[P+]([O-])(N(CCCl)CCCl)N1. The van der Waals surface area contributed by atoms with Crippen molar-refractivity contribution in [3.05, 3.63) is 0 Å². The molecule has 90 valence electrons. The second kappa shape index (κ2) is 6.52. The van der Waals surface area contributed by atoms with Gasteiger partial charge in [0, 0.05) is 18.2 Å². The summed E-state index contributed by atoms with van der Waals surface area (Å²) in [6, 6.07) is 0. The zero-order valence-electron chi connectivity index (χ0n) is 8.36. The van der Waals surface area contributed by atoms with Gasteiger partial charge in [0.05, 0.1) is 25.9 Å². The van der Waals surface area contributed by atoms with Gasteiger partial charge in [-0.15, -0.1) is 33.0 Å². The number of hydrogen-bond donors (Lipinski definition) is 2. The molecule has 0 spiro atoms. The first-order valence-electron chi connectivity index (χ1n) is 4.77. The fourth-order valence-electron chi connectivity index (χ4n) is 1.35. The van der Waals surface area contributed by atoms with Crippen molar-refractivity contribution >= 4 is 31.2 Å². The van der Waals surface area contributed by atoms with Crippen LogP contribution >= 0.6 is 31.2 Å². The molecule has 1 rings (SSSR count). The maximum Gasteiger partial charge on any atom is 0.251 e. The predicted molar refractivity (Wildman–Crippen MR) is 61.6 cm³/mol. The average Bonchev–Trinajstić information content (AvgIpc) is 2.17. The summed E-state index contributed by atoms with van der Waals surface area (Å²) in [7, 11) is -3.02. The second-order valence-electron chi connectivity index (χ2n) is 3.21. The van der Waals surface area contributed by atoms with Gasteiger partial charge >= 0.3 is 0 Å². The molecule has 1 aliphatic rings. The van der Waals surface area contributed by atoms with Crippen LogP contribution in [0.1, 0.15) is 6.42 Å². The number of nitrogens with zero attached hydrogens (tertiary/aromatic N) is 1. The Balaban J connectivity index is 2.61. The van der Waals surface area contributed by atoms with E-state index in [2.05, 4.69) is 5.09 Å². The predicted octanol–water partition coefficient (Wildman–Crippen LogP) is 0.0986. The minimum absolute atomic E-state index is 0.294. The van der Waals surface area contributed by atoms with E-state index in [1.807, 2.05) is 0 Å². The van der Waals surface area contributed by atoms with Crippen LogP contribution in [0.3, 0.4) is 0 Å². The third-order valence-electron chi connectivity index (χ3n) is 2.08. The molecule has 0 aromatic carbocycles. The van der Waals surface area contributed by atoms with E-state index < -0.39 is 8.02 Å². The lowest BCUT2D eigenvalue weighted by atomic mass is 10.4. The molecule has 0 bridgehead atoms. The lowest BCUT2D eigenvalue weighted by molar-refractivity contribution is -0.214. The first-order valence-corrected chi connectivity index (χ1v) is 7.42. The van der Waals surface area contributed by atoms with Crippen molar-refractivity contribution in [2.45, 2.75) is 12.6 Å². The Morgan fingerprint density at radius 3 is 2.53 bits per heavy atom. The Morgan fingerprint density at radius 2 is 2.07 bits per heavy atom. The minimum Gasteiger partial charge on any atom is -0.626 e. The van der Waals surface area contributed by atoms with Gasteiger partial charge in [-0.3, -0.25) is 0 Å². The van der Waals surface area contributed by atoms with Crippen molar-refractivity contribution in [2.24, 2.45) is 5.73 Å². The standard InChI is InChI=1S/C7H16Cl2N3O2P/c8-2-4-12(5-3-9)15(13)11-7(10)1-6-14-15/h7H,1-6,10H2,(H,11,13)/t7-,15?/m1/s1. The molecule has 0 aliphatic carbocycles. The summed E-state index contributed by atoms with van der Waals surface area (Å²) in [6.07, 6.45) is 0.359. The molecule has 8 heteroatoms. The Kier molecular flexibility index (Phi) is 6.03. The van der Waals surface area contributed by atoms with Crippen molar-refractivity contribution < 1.29 is 9.42 Å². The highest BCUT2D eigenvalue weighted by Gasteiger charge is 2.41. The molecular formula is C7H16Cl2N3O2P. The molecule has 2 atom stereocenters. The maximum atomic E-state index is 12.3. The van der Waals surface area contributed by atoms with E-state index in [-0.39, 0.29) is 6.17 Å². The molecule has 1 unspecified atom stereocenters. The van der Waals surface area contributed by atoms with Gasteiger partial charge in [-0.25, -0.2) is 4.52 Å². The third-order valence-corrected chi connectivity index (χ3v) is 4.75. The Labute approximate surface area is 100 Å². The van der Waals surface area contributed by atoms with E-state index in [0.29, 0.717) is 37.9 Å². The molecule has 0 saturated carbocycles. The first kappa shape index (κ1) is 13.9. The minimum atomic E-state index is -3.02. The molecule has 5 nitrogen and oxygen atoms in total. The van der Waals surface area contributed by atoms with Gasteiger partial charge in [0.1, 0.15) is 0 Å². The van der Waals surface area contributed by atoms with Crippen LogP contribution in [0.15, 0.2) is 0 Å². The lowest BCUT2D eigenvalue weighted by Crippen LogP contribution is -2.52. The number of alkyl halides is 2. The van der Waals surface area contributed by atoms with E-state index in [9.17, 15) is 4.89 Å². The van der Waals surface area contributed by atoms with Crippen molar-refractivity contribution in [1.29, 1.82) is 0 Å². The van der Waals surface area contributed by atoms with Gasteiger partial charge in [0.15, 0.2) is 0 Å². The number of nitrogens with two attached hydrogens (primary N) is 1. The number of hydrogen-bond acceptors (Lipinski definition) is 5. The zero-order chi connectivity index (χ0) is 11.3. The fraction of sp³-hybridized carbons (Fsp3) is 1.00. The summed E-state index contributed by atoms with van der Waals surface area (Å²) in [5.74, 6) is 0.752. The fourth-order valence-corrected chi connectivity index (χ4v) is 4.02. The molecule has 1 fully saturated rings. The molecule has 1 saturated heterocycles. The molecule has 0 aromatic heterocycles. The molecule has 0 radical (unpaired) electrons. The summed E-state index contributed by atoms with van der Waals surface area (Å²) >= 11 is 11.3. The van der Waals surface area contributed by atoms with Crippen LogP contribution in [0.2, 0.25) is 0 Å². The van der Waals surface area contributed by atoms with Crippen molar-refractivity contribution in [3.8, 4) is 0 Å².